The molecule has 0 radical (unpaired) electrons. The molecule has 6 heteroatoms. The van der Waals surface area contributed by atoms with Gasteiger partial charge in [0.05, 0.1) is 25.4 Å². The van der Waals surface area contributed by atoms with Gasteiger partial charge >= 0.3 is 5.97 Å². The third-order valence-corrected chi connectivity index (χ3v) is 19.6. The Labute approximate surface area is 552 Å². The molecule has 2 atom stereocenters. The number of aliphatic hydroxyl groups excluding tert-OH is 2. The first-order valence-electron chi connectivity index (χ1n) is 40.9. The number of allylic oxidation sites excluding steroid dienone is 2. The molecular weight excluding hydrogens is 1080 g/mol. The largest absolute Gasteiger partial charge is 0.466 e. The lowest BCUT2D eigenvalue weighted by molar-refractivity contribution is -0.143. The number of carbonyl (C=O) groups excluding carboxylic acids is 2. The van der Waals surface area contributed by atoms with Crippen molar-refractivity contribution in [1.29, 1.82) is 0 Å². The Morgan fingerprint density at radius 1 is 0.307 bits per heavy atom. The maximum absolute atomic E-state index is 12.6. The monoisotopic (exact) mass is 1240 g/mol. The molecule has 0 aliphatic rings. The van der Waals surface area contributed by atoms with Gasteiger partial charge in [-0.15, -0.1) is 0 Å². The van der Waals surface area contributed by atoms with Crippen LogP contribution in [0.25, 0.3) is 0 Å². The third-order valence-electron chi connectivity index (χ3n) is 19.6. The first-order chi connectivity index (χ1) is 43.5. The lowest BCUT2D eigenvalue weighted by Crippen LogP contribution is -2.45. The van der Waals surface area contributed by atoms with Gasteiger partial charge in [0.2, 0.25) is 5.91 Å². The van der Waals surface area contributed by atoms with Crippen LogP contribution in [0.4, 0.5) is 0 Å². The van der Waals surface area contributed by atoms with Gasteiger partial charge in [-0.1, -0.05) is 424 Å². The summed E-state index contributed by atoms with van der Waals surface area (Å²) in [5, 5.41) is 23.5. The second-order valence-corrected chi connectivity index (χ2v) is 28.5. The summed E-state index contributed by atoms with van der Waals surface area (Å²) in [6.07, 6.45) is 98.9. The molecule has 0 aromatic carbocycles. The molecule has 524 valence electrons. The predicted molar refractivity (Wildman–Crippen MR) is 389 cm³/mol. The van der Waals surface area contributed by atoms with E-state index >= 15 is 0 Å². The fourth-order valence-corrected chi connectivity index (χ4v) is 13.3. The molecule has 88 heavy (non-hydrogen) atoms. The topological polar surface area (TPSA) is 95.9 Å². The zero-order chi connectivity index (χ0) is 63.5. The predicted octanol–water partition coefficient (Wildman–Crippen LogP) is 27.1. The average molecular weight is 1240 g/mol. The smallest absolute Gasteiger partial charge is 0.305 e. The van der Waals surface area contributed by atoms with Crippen LogP contribution in [0, 0.1) is 0 Å². The van der Waals surface area contributed by atoms with E-state index in [1.165, 1.54) is 405 Å². The minimum Gasteiger partial charge on any atom is -0.466 e. The number of hydrogen-bond acceptors (Lipinski definition) is 5. The average Bonchev–Trinajstić information content (AvgIpc) is 3.55. The molecule has 0 aliphatic carbocycles. The van der Waals surface area contributed by atoms with Crippen molar-refractivity contribution in [2.45, 2.75) is 488 Å². The van der Waals surface area contributed by atoms with Crippen LogP contribution in [0.3, 0.4) is 0 Å². The maximum Gasteiger partial charge on any atom is 0.305 e. The first kappa shape index (κ1) is 86.6. The minimum absolute atomic E-state index is 0.0211. The molecule has 0 aromatic rings. The highest BCUT2D eigenvalue weighted by Gasteiger charge is 2.20. The fraction of sp³-hybridized carbons (Fsp3) is 0.951. The van der Waals surface area contributed by atoms with E-state index < -0.39 is 12.1 Å². The van der Waals surface area contributed by atoms with Crippen molar-refractivity contribution in [2.75, 3.05) is 13.2 Å². The van der Waals surface area contributed by atoms with Crippen molar-refractivity contribution in [3.8, 4) is 0 Å². The minimum atomic E-state index is -0.663. The maximum atomic E-state index is 12.6. The number of ether oxygens (including phenoxy) is 1. The summed E-state index contributed by atoms with van der Waals surface area (Å²) < 4.78 is 5.48. The number of rotatable bonds is 78. The summed E-state index contributed by atoms with van der Waals surface area (Å²) >= 11 is 0. The van der Waals surface area contributed by atoms with Gasteiger partial charge in [-0.3, -0.25) is 9.59 Å². The van der Waals surface area contributed by atoms with Gasteiger partial charge in [-0.2, -0.15) is 0 Å². The van der Waals surface area contributed by atoms with Crippen molar-refractivity contribution in [3.63, 3.8) is 0 Å². The van der Waals surface area contributed by atoms with E-state index in [1.54, 1.807) is 0 Å². The third kappa shape index (κ3) is 73.6. The van der Waals surface area contributed by atoms with Crippen molar-refractivity contribution in [3.05, 3.63) is 12.2 Å². The van der Waals surface area contributed by atoms with Crippen LogP contribution in [0.2, 0.25) is 0 Å². The van der Waals surface area contributed by atoms with Crippen molar-refractivity contribution < 1.29 is 24.5 Å². The Morgan fingerprint density at radius 2 is 0.534 bits per heavy atom. The summed E-state index contributed by atoms with van der Waals surface area (Å²) in [6.45, 7) is 5.01. The molecule has 0 aromatic heterocycles. The van der Waals surface area contributed by atoms with Crippen LogP contribution in [-0.4, -0.2) is 47.4 Å². The molecule has 0 saturated heterocycles. The van der Waals surface area contributed by atoms with Crippen LogP contribution in [0.1, 0.15) is 476 Å². The number of hydrogen-bond donors (Lipinski definition) is 3. The Hall–Kier alpha value is -1.40. The highest BCUT2D eigenvalue weighted by molar-refractivity contribution is 5.76. The van der Waals surface area contributed by atoms with E-state index in [1.807, 2.05) is 0 Å². The van der Waals surface area contributed by atoms with Gasteiger partial charge < -0.3 is 20.3 Å². The molecule has 0 heterocycles. The lowest BCUT2D eigenvalue weighted by Gasteiger charge is -2.22. The summed E-state index contributed by atoms with van der Waals surface area (Å²) in [5.74, 6) is -0.00377. The Morgan fingerprint density at radius 3 is 0.807 bits per heavy atom. The normalized spacial score (nSPS) is 12.5. The van der Waals surface area contributed by atoms with Gasteiger partial charge in [0, 0.05) is 12.8 Å². The standard InChI is InChI=1S/C82H161NO5/c1-3-5-7-9-11-13-15-16-17-18-19-20-21-33-36-39-42-45-48-51-55-58-62-66-70-74-80(85)79(78-84)83-81(86)75-71-67-63-59-56-52-49-46-43-40-37-34-31-29-27-25-23-22-24-26-28-30-32-35-38-41-44-47-50-53-57-61-65-69-73-77-88-82(87)76-72-68-64-60-54-14-12-10-8-6-4-2/h24,26,79-80,84-85H,3-23,25,27-78H2,1-2H3,(H,83,86)/b26-24-. The number of carbonyl (C=O) groups is 2. The van der Waals surface area contributed by atoms with E-state index in [0.717, 1.165) is 38.5 Å². The van der Waals surface area contributed by atoms with E-state index in [2.05, 4.69) is 31.3 Å². The number of nitrogens with one attached hydrogen (secondary N) is 1. The van der Waals surface area contributed by atoms with Crippen molar-refractivity contribution in [1.82, 2.24) is 5.32 Å². The van der Waals surface area contributed by atoms with Gasteiger partial charge in [0.25, 0.3) is 0 Å². The molecule has 0 fully saturated rings. The molecule has 0 bridgehead atoms. The molecule has 0 rings (SSSR count). The van der Waals surface area contributed by atoms with Crippen LogP contribution < -0.4 is 5.32 Å². The second kappa shape index (κ2) is 78.0. The van der Waals surface area contributed by atoms with Crippen LogP contribution in [-0.2, 0) is 14.3 Å². The Kier molecular flexibility index (Phi) is 76.8. The number of unbranched alkanes of at least 4 members (excludes halogenated alkanes) is 65. The molecular formula is C82H161NO5. The Bertz CT molecular complexity index is 1340. The van der Waals surface area contributed by atoms with E-state index in [-0.39, 0.29) is 18.5 Å². The van der Waals surface area contributed by atoms with Crippen molar-refractivity contribution in [2.24, 2.45) is 0 Å². The molecule has 1 amide bonds. The fourth-order valence-electron chi connectivity index (χ4n) is 13.3. The summed E-state index contributed by atoms with van der Waals surface area (Å²) in [5.41, 5.74) is 0. The van der Waals surface area contributed by atoms with Crippen LogP contribution in [0.5, 0.6) is 0 Å². The quantitative estimate of drug-likeness (QED) is 0.0320. The van der Waals surface area contributed by atoms with Gasteiger partial charge in [0.15, 0.2) is 0 Å². The zero-order valence-corrected chi connectivity index (χ0v) is 60.3. The highest BCUT2D eigenvalue weighted by atomic mass is 16.5. The van der Waals surface area contributed by atoms with Crippen LogP contribution in [0.15, 0.2) is 12.2 Å². The SMILES string of the molecule is CCCCCCCCCCCCCCCCCCCCCCCCCCCC(O)C(CO)NC(=O)CCCCCCCCCCCCCCCCCCC/C=C\CCCCCCCCCCCCCCCCOC(=O)CCCCCCCCCCCCC. The van der Waals surface area contributed by atoms with E-state index in [0.29, 0.717) is 25.9 Å². The summed E-state index contributed by atoms with van der Waals surface area (Å²) in [4.78, 5) is 24.6. The molecule has 2 unspecified atom stereocenters. The number of amides is 1. The first-order valence-corrected chi connectivity index (χ1v) is 40.9. The number of aliphatic hydroxyl groups is 2. The molecule has 3 N–H and O–H groups in total. The highest BCUT2D eigenvalue weighted by Crippen LogP contribution is 2.21. The molecule has 0 saturated carbocycles. The molecule has 0 spiro atoms. The lowest BCUT2D eigenvalue weighted by atomic mass is 10.0. The van der Waals surface area contributed by atoms with Gasteiger partial charge in [0.1, 0.15) is 0 Å². The summed E-state index contributed by atoms with van der Waals surface area (Å²) in [7, 11) is 0. The van der Waals surface area contributed by atoms with Crippen LogP contribution >= 0.6 is 0 Å². The zero-order valence-electron chi connectivity index (χ0n) is 60.3. The van der Waals surface area contributed by atoms with E-state index in [4.69, 9.17) is 4.74 Å². The van der Waals surface area contributed by atoms with Gasteiger partial charge in [-0.05, 0) is 51.4 Å². The Balaban J connectivity index is 3.34. The van der Waals surface area contributed by atoms with E-state index in [9.17, 15) is 19.8 Å². The number of esters is 1. The molecule has 0 aliphatic heterocycles. The summed E-state index contributed by atoms with van der Waals surface area (Å²) in [6, 6.07) is -0.540. The van der Waals surface area contributed by atoms with Gasteiger partial charge in [-0.25, -0.2) is 0 Å². The molecule has 6 nitrogen and oxygen atoms in total. The second-order valence-electron chi connectivity index (χ2n) is 28.5. The van der Waals surface area contributed by atoms with Crippen molar-refractivity contribution >= 4 is 11.9 Å².